The van der Waals surface area contributed by atoms with E-state index in [4.69, 9.17) is 5.11 Å². The van der Waals surface area contributed by atoms with Gasteiger partial charge >= 0.3 is 0 Å². The van der Waals surface area contributed by atoms with Gasteiger partial charge in [-0.2, -0.15) is 0 Å². The average Bonchev–Trinajstić information content (AvgIpc) is 2.17. The topological polar surface area (TPSA) is 33.1 Å². The first kappa shape index (κ1) is 9.93. The summed E-state index contributed by atoms with van der Waals surface area (Å²) in [7, 11) is 0. The van der Waals surface area contributed by atoms with Gasteiger partial charge in [0.05, 0.1) is 0 Å². The van der Waals surface area contributed by atoms with Crippen LogP contribution in [0.5, 0.6) is 0 Å². The van der Waals surface area contributed by atoms with Gasteiger partial charge in [0.15, 0.2) is 0 Å². The highest BCUT2D eigenvalue weighted by Gasteiger charge is 2.00. The van der Waals surface area contributed by atoms with Crippen molar-refractivity contribution in [2.75, 3.05) is 6.61 Å². The maximum Gasteiger partial charge on any atom is 0.0439 e. The minimum atomic E-state index is 0.226. The number of hydrogen-bond donors (Lipinski definition) is 1. The number of pyridine rings is 1. The van der Waals surface area contributed by atoms with Gasteiger partial charge in [-0.05, 0) is 30.9 Å². The first-order chi connectivity index (χ1) is 6.38. The van der Waals surface area contributed by atoms with Gasteiger partial charge < -0.3 is 5.11 Å². The van der Waals surface area contributed by atoms with Crippen LogP contribution >= 0.6 is 0 Å². The summed E-state index contributed by atoms with van der Waals surface area (Å²) in [6.07, 6.45) is 6.15. The van der Waals surface area contributed by atoms with Crippen LogP contribution in [0.25, 0.3) is 0 Å². The van der Waals surface area contributed by atoms with Crippen LogP contribution in [-0.2, 0) is 12.8 Å². The van der Waals surface area contributed by atoms with Crippen molar-refractivity contribution in [3.05, 3.63) is 42.2 Å². The molecule has 2 heteroatoms. The smallest absolute Gasteiger partial charge is 0.0439 e. The summed E-state index contributed by atoms with van der Waals surface area (Å²) in [5, 5.41) is 8.70. The minimum Gasteiger partial charge on any atom is -0.396 e. The molecule has 0 aromatic carbocycles. The SMILES string of the molecule is C=CCc1cccnc1CCCO. The molecule has 1 N–H and O–H groups in total. The van der Waals surface area contributed by atoms with Crippen molar-refractivity contribution in [2.45, 2.75) is 19.3 Å². The second kappa shape index (κ2) is 5.49. The predicted octanol–water partition coefficient (Wildman–Crippen LogP) is 1.73. The van der Waals surface area contributed by atoms with Crippen LogP contribution in [0.15, 0.2) is 31.0 Å². The van der Waals surface area contributed by atoms with Gasteiger partial charge in [-0.25, -0.2) is 0 Å². The number of hydrogen-bond acceptors (Lipinski definition) is 2. The van der Waals surface area contributed by atoms with Crippen LogP contribution < -0.4 is 0 Å². The highest BCUT2D eigenvalue weighted by Crippen LogP contribution is 2.08. The lowest BCUT2D eigenvalue weighted by Crippen LogP contribution is -1.98. The standard InChI is InChI=1S/C11H15NO/c1-2-5-10-6-3-8-12-11(10)7-4-9-13/h2-3,6,8,13H,1,4-5,7,9H2. The molecule has 1 aromatic rings. The monoisotopic (exact) mass is 177 g/mol. The van der Waals surface area contributed by atoms with Crippen LogP contribution in [0.2, 0.25) is 0 Å². The molecule has 1 heterocycles. The molecule has 13 heavy (non-hydrogen) atoms. The van der Waals surface area contributed by atoms with E-state index in [9.17, 15) is 0 Å². The quantitative estimate of drug-likeness (QED) is 0.695. The highest BCUT2D eigenvalue weighted by molar-refractivity contribution is 5.22. The molecule has 2 nitrogen and oxygen atoms in total. The third-order valence-electron chi connectivity index (χ3n) is 1.92. The van der Waals surface area contributed by atoms with E-state index in [2.05, 4.69) is 17.6 Å². The number of aliphatic hydroxyl groups excluding tert-OH is 1. The van der Waals surface area contributed by atoms with Gasteiger partial charge in [-0.1, -0.05) is 12.1 Å². The molecule has 0 aliphatic heterocycles. The van der Waals surface area contributed by atoms with E-state index >= 15 is 0 Å². The van der Waals surface area contributed by atoms with Crippen LogP contribution in [-0.4, -0.2) is 16.7 Å². The largest absolute Gasteiger partial charge is 0.396 e. The number of allylic oxidation sites excluding steroid dienone is 1. The molecular weight excluding hydrogens is 162 g/mol. The number of nitrogens with zero attached hydrogens (tertiary/aromatic N) is 1. The normalized spacial score (nSPS) is 9.92. The summed E-state index contributed by atoms with van der Waals surface area (Å²) in [6, 6.07) is 3.99. The van der Waals surface area contributed by atoms with Crippen molar-refractivity contribution >= 4 is 0 Å². The Kier molecular flexibility index (Phi) is 4.19. The predicted molar refractivity (Wildman–Crippen MR) is 53.5 cm³/mol. The summed E-state index contributed by atoms with van der Waals surface area (Å²) in [5.41, 5.74) is 2.29. The molecule has 70 valence electrons. The van der Waals surface area contributed by atoms with Crippen LogP contribution in [0, 0.1) is 0 Å². The summed E-state index contributed by atoms with van der Waals surface area (Å²) in [5.74, 6) is 0. The Bertz CT molecular complexity index is 271. The summed E-state index contributed by atoms with van der Waals surface area (Å²) < 4.78 is 0. The number of rotatable bonds is 5. The maximum absolute atomic E-state index is 8.70. The molecule has 0 amide bonds. The number of aliphatic hydroxyl groups is 1. The van der Waals surface area contributed by atoms with Gasteiger partial charge in [0, 0.05) is 18.5 Å². The number of aromatic nitrogens is 1. The molecule has 0 fully saturated rings. The number of aryl methyl sites for hydroxylation is 1. The molecule has 0 aliphatic rings. The van der Waals surface area contributed by atoms with Crippen LogP contribution in [0.3, 0.4) is 0 Å². The first-order valence-corrected chi connectivity index (χ1v) is 4.53. The van der Waals surface area contributed by atoms with Gasteiger partial charge in [0.25, 0.3) is 0 Å². The molecule has 1 rings (SSSR count). The van der Waals surface area contributed by atoms with Crippen molar-refractivity contribution in [1.29, 1.82) is 0 Å². The second-order valence-electron chi connectivity index (χ2n) is 2.93. The lowest BCUT2D eigenvalue weighted by atomic mass is 10.1. The summed E-state index contributed by atoms with van der Waals surface area (Å²) in [6.45, 7) is 3.93. The molecule has 1 aromatic heterocycles. The average molecular weight is 177 g/mol. The van der Waals surface area contributed by atoms with E-state index in [-0.39, 0.29) is 6.61 Å². The van der Waals surface area contributed by atoms with Crippen molar-refractivity contribution in [3.8, 4) is 0 Å². The molecule has 0 saturated heterocycles. The fourth-order valence-corrected chi connectivity index (χ4v) is 1.28. The summed E-state index contributed by atoms with van der Waals surface area (Å²) in [4.78, 5) is 4.28. The molecular formula is C11H15NO. The van der Waals surface area contributed by atoms with Crippen molar-refractivity contribution in [3.63, 3.8) is 0 Å². The Labute approximate surface area is 78.9 Å². The molecule has 0 atom stereocenters. The zero-order valence-electron chi connectivity index (χ0n) is 7.74. The molecule has 0 bridgehead atoms. The molecule has 0 spiro atoms. The van der Waals surface area contributed by atoms with Crippen LogP contribution in [0.1, 0.15) is 17.7 Å². The molecule has 0 saturated carbocycles. The van der Waals surface area contributed by atoms with Gasteiger partial charge in [-0.15, -0.1) is 6.58 Å². The Balaban J connectivity index is 2.71. The van der Waals surface area contributed by atoms with Gasteiger partial charge in [-0.3, -0.25) is 4.98 Å². The minimum absolute atomic E-state index is 0.226. The lowest BCUT2D eigenvalue weighted by molar-refractivity contribution is 0.288. The summed E-state index contributed by atoms with van der Waals surface area (Å²) >= 11 is 0. The third kappa shape index (κ3) is 2.99. The lowest BCUT2D eigenvalue weighted by Gasteiger charge is -2.04. The van der Waals surface area contributed by atoms with E-state index in [1.807, 2.05) is 12.1 Å². The van der Waals surface area contributed by atoms with Crippen molar-refractivity contribution < 1.29 is 5.11 Å². The zero-order chi connectivity index (χ0) is 9.52. The fourth-order valence-electron chi connectivity index (χ4n) is 1.28. The maximum atomic E-state index is 8.70. The van der Waals surface area contributed by atoms with Crippen molar-refractivity contribution in [1.82, 2.24) is 4.98 Å². The molecule has 0 radical (unpaired) electrons. The first-order valence-electron chi connectivity index (χ1n) is 4.53. The van der Waals surface area contributed by atoms with E-state index in [1.54, 1.807) is 6.20 Å². The fraction of sp³-hybridized carbons (Fsp3) is 0.364. The zero-order valence-corrected chi connectivity index (χ0v) is 7.74. The Morgan fingerprint density at radius 2 is 2.38 bits per heavy atom. The van der Waals surface area contributed by atoms with Gasteiger partial charge in [0.1, 0.15) is 0 Å². The van der Waals surface area contributed by atoms with E-state index < -0.39 is 0 Å². The van der Waals surface area contributed by atoms with E-state index in [0.29, 0.717) is 0 Å². The van der Waals surface area contributed by atoms with Crippen molar-refractivity contribution in [2.24, 2.45) is 0 Å². The Morgan fingerprint density at radius 3 is 3.08 bits per heavy atom. The van der Waals surface area contributed by atoms with Crippen LogP contribution in [0.4, 0.5) is 0 Å². The second-order valence-corrected chi connectivity index (χ2v) is 2.93. The molecule has 0 unspecified atom stereocenters. The molecule has 0 aliphatic carbocycles. The van der Waals surface area contributed by atoms with E-state index in [1.165, 1.54) is 5.56 Å². The Morgan fingerprint density at radius 1 is 1.54 bits per heavy atom. The van der Waals surface area contributed by atoms with E-state index in [0.717, 1.165) is 25.0 Å². The third-order valence-corrected chi connectivity index (χ3v) is 1.92. The van der Waals surface area contributed by atoms with Gasteiger partial charge in [0.2, 0.25) is 0 Å². The Hall–Kier alpha value is -1.15. The highest BCUT2D eigenvalue weighted by atomic mass is 16.2.